The van der Waals surface area contributed by atoms with Gasteiger partial charge >= 0.3 is 0 Å². The SMILES string of the molecule is CCCCCCCCCCN(N)S(=O)(=O)c1ccccc1. The van der Waals surface area contributed by atoms with E-state index < -0.39 is 10.0 Å². The fourth-order valence-electron chi connectivity index (χ4n) is 2.25. The summed E-state index contributed by atoms with van der Waals surface area (Å²) in [7, 11) is -3.53. The predicted octanol–water partition coefficient (Wildman–Crippen LogP) is 3.69. The topological polar surface area (TPSA) is 63.4 Å². The first kappa shape index (κ1) is 18.1. The van der Waals surface area contributed by atoms with Crippen LogP contribution < -0.4 is 5.84 Å². The molecule has 4 nitrogen and oxygen atoms in total. The van der Waals surface area contributed by atoms with Gasteiger partial charge in [0.1, 0.15) is 0 Å². The molecular weight excluding hydrogens is 284 g/mol. The Morgan fingerprint density at radius 1 is 0.905 bits per heavy atom. The molecule has 0 unspecified atom stereocenters. The maximum absolute atomic E-state index is 12.2. The van der Waals surface area contributed by atoms with Crippen molar-refractivity contribution in [2.45, 2.75) is 63.2 Å². The molecule has 0 amide bonds. The van der Waals surface area contributed by atoms with Crippen LogP contribution in [0.5, 0.6) is 0 Å². The van der Waals surface area contributed by atoms with Crippen molar-refractivity contribution < 1.29 is 8.42 Å². The molecule has 21 heavy (non-hydrogen) atoms. The Bertz CT molecular complexity index is 474. The average Bonchev–Trinajstić information content (AvgIpc) is 2.50. The summed E-state index contributed by atoms with van der Waals surface area (Å²) < 4.78 is 25.3. The first-order valence-electron chi connectivity index (χ1n) is 7.91. The highest BCUT2D eigenvalue weighted by Crippen LogP contribution is 2.13. The van der Waals surface area contributed by atoms with Crippen LogP contribution in [0, 0.1) is 0 Å². The number of unbranched alkanes of at least 4 members (excludes halogenated alkanes) is 7. The lowest BCUT2D eigenvalue weighted by molar-refractivity contribution is 0.409. The summed E-state index contributed by atoms with van der Waals surface area (Å²) in [6.07, 6.45) is 9.40. The maximum atomic E-state index is 12.2. The summed E-state index contributed by atoms with van der Waals surface area (Å²) in [5, 5.41) is 0. The van der Waals surface area contributed by atoms with E-state index in [1.165, 1.54) is 32.1 Å². The van der Waals surface area contributed by atoms with Crippen LogP contribution in [0.2, 0.25) is 0 Å². The van der Waals surface area contributed by atoms with Crippen LogP contribution >= 0.6 is 0 Å². The van der Waals surface area contributed by atoms with Crippen LogP contribution in [0.1, 0.15) is 58.3 Å². The van der Waals surface area contributed by atoms with Gasteiger partial charge in [-0.1, -0.05) is 70.1 Å². The molecule has 0 aliphatic heterocycles. The van der Waals surface area contributed by atoms with Crippen molar-refractivity contribution in [3.63, 3.8) is 0 Å². The van der Waals surface area contributed by atoms with E-state index in [1.54, 1.807) is 30.3 Å². The number of benzene rings is 1. The number of rotatable bonds is 11. The van der Waals surface area contributed by atoms with Gasteiger partial charge in [-0.15, -0.1) is 4.41 Å². The molecule has 0 saturated carbocycles. The zero-order chi connectivity index (χ0) is 15.6. The van der Waals surface area contributed by atoms with Crippen LogP contribution in [-0.2, 0) is 10.0 Å². The van der Waals surface area contributed by atoms with E-state index in [0.29, 0.717) is 6.54 Å². The lowest BCUT2D eigenvalue weighted by atomic mass is 10.1. The van der Waals surface area contributed by atoms with Crippen molar-refractivity contribution in [3.05, 3.63) is 30.3 Å². The van der Waals surface area contributed by atoms with Crippen LogP contribution in [-0.4, -0.2) is 19.4 Å². The summed E-state index contributed by atoms with van der Waals surface area (Å²) in [6.45, 7) is 2.59. The van der Waals surface area contributed by atoms with E-state index in [9.17, 15) is 8.42 Å². The van der Waals surface area contributed by atoms with Crippen molar-refractivity contribution in [3.8, 4) is 0 Å². The Morgan fingerprint density at radius 2 is 1.43 bits per heavy atom. The Kier molecular flexibility index (Phi) is 8.57. The molecule has 0 atom stereocenters. The Hall–Kier alpha value is -0.910. The predicted molar refractivity (Wildman–Crippen MR) is 87.1 cm³/mol. The molecule has 1 aromatic carbocycles. The van der Waals surface area contributed by atoms with Gasteiger partial charge in [-0.3, -0.25) is 5.84 Å². The minimum Gasteiger partial charge on any atom is -0.255 e. The lowest BCUT2D eigenvalue weighted by Crippen LogP contribution is -2.38. The fraction of sp³-hybridized carbons (Fsp3) is 0.625. The zero-order valence-electron chi connectivity index (χ0n) is 13.0. The number of nitrogens with zero attached hydrogens (tertiary/aromatic N) is 1. The minimum absolute atomic E-state index is 0.257. The van der Waals surface area contributed by atoms with Crippen LogP contribution in [0.15, 0.2) is 35.2 Å². The van der Waals surface area contributed by atoms with Gasteiger partial charge in [0.05, 0.1) is 4.90 Å². The van der Waals surface area contributed by atoms with Gasteiger partial charge in [0.15, 0.2) is 0 Å². The third kappa shape index (κ3) is 6.59. The summed E-state index contributed by atoms with van der Waals surface area (Å²) >= 11 is 0. The van der Waals surface area contributed by atoms with Gasteiger partial charge in [0, 0.05) is 6.54 Å². The van der Waals surface area contributed by atoms with Crippen molar-refractivity contribution in [2.24, 2.45) is 5.84 Å². The summed E-state index contributed by atoms with van der Waals surface area (Å²) in [5.41, 5.74) is 0. The van der Waals surface area contributed by atoms with E-state index >= 15 is 0 Å². The number of sulfonamides is 1. The monoisotopic (exact) mass is 312 g/mol. The second-order valence-corrected chi connectivity index (χ2v) is 7.29. The molecule has 1 aromatic rings. The van der Waals surface area contributed by atoms with Gasteiger partial charge < -0.3 is 0 Å². The van der Waals surface area contributed by atoms with Crippen LogP contribution in [0.3, 0.4) is 0 Å². The second kappa shape index (κ2) is 9.92. The largest absolute Gasteiger partial charge is 0.255 e. The van der Waals surface area contributed by atoms with Gasteiger partial charge in [-0.05, 0) is 18.6 Å². The highest BCUT2D eigenvalue weighted by atomic mass is 32.2. The Morgan fingerprint density at radius 3 is 2.00 bits per heavy atom. The van der Waals surface area contributed by atoms with Gasteiger partial charge in [0.2, 0.25) is 0 Å². The first-order valence-corrected chi connectivity index (χ1v) is 9.35. The normalized spacial score (nSPS) is 12.0. The van der Waals surface area contributed by atoms with Gasteiger partial charge in [-0.25, -0.2) is 8.42 Å². The molecule has 0 aromatic heterocycles. The van der Waals surface area contributed by atoms with E-state index in [1.807, 2.05) is 0 Å². The average molecular weight is 312 g/mol. The maximum Gasteiger partial charge on any atom is 0.255 e. The molecule has 0 aliphatic carbocycles. The summed E-state index contributed by atoms with van der Waals surface area (Å²) in [5.74, 6) is 5.71. The Balaban J connectivity index is 2.23. The third-order valence-corrected chi connectivity index (χ3v) is 5.25. The number of hydrogen-bond acceptors (Lipinski definition) is 3. The van der Waals surface area contributed by atoms with Crippen molar-refractivity contribution in [1.82, 2.24) is 4.41 Å². The molecule has 1 rings (SSSR count). The molecule has 0 radical (unpaired) electrons. The molecule has 5 heteroatoms. The molecule has 2 N–H and O–H groups in total. The summed E-state index contributed by atoms with van der Waals surface area (Å²) in [6, 6.07) is 8.35. The highest BCUT2D eigenvalue weighted by Gasteiger charge is 2.20. The molecule has 0 saturated heterocycles. The zero-order valence-corrected chi connectivity index (χ0v) is 13.8. The smallest absolute Gasteiger partial charge is 0.255 e. The highest BCUT2D eigenvalue weighted by molar-refractivity contribution is 7.89. The van der Waals surface area contributed by atoms with Crippen LogP contribution in [0.25, 0.3) is 0 Å². The number of hydrazine groups is 1. The molecule has 0 bridgehead atoms. The first-order chi connectivity index (χ1) is 10.1. The Labute approximate surface area is 129 Å². The molecular formula is C16H28N2O2S. The lowest BCUT2D eigenvalue weighted by Gasteiger charge is -2.16. The summed E-state index contributed by atoms with van der Waals surface area (Å²) in [4.78, 5) is 0.257. The quantitative estimate of drug-likeness (QED) is 0.385. The van der Waals surface area contributed by atoms with E-state index in [0.717, 1.165) is 23.7 Å². The molecule has 0 spiro atoms. The van der Waals surface area contributed by atoms with Crippen molar-refractivity contribution in [2.75, 3.05) is 6.54 Å². The number of hydrogen-bond donors (Lipinski definition) is 1. The second-order valence-electron chi connectivity index (χ2n) is 5.40. The third-order valence-electron chi connectivity index (χ3n) is 3.58. The van der Waals surface area contributed by atoms with Crippen molar-refractivity contribution in [1.29, 1.82) is 0 Å². The van der Waals surface area contributed by atoms with E-state index in [-0.39, 0.29) is 4.90 Å². The van der Waals surface area contributed by atoms with Gasteiger partial charge in [0.25, 0.3) is 10.0 Å². The van der Waals surface area contributed by atoms with E-state index in [2.05, 4.69) is 6.92 Å². The number of nitrogens with two attached hydrogens (primary N) is 1. The fourth-order valence-corrected chi connectivity index (χ4v) is 3.39. The minimum atomic E-state index is -3.53. The van der Waals surface area contributed by atoms with Gasteiger partial charge in [-0.2, -0.15) is 0 Å². The molecule has 0 fully saturated rings. The molecule has 120 valence electrons. The standard InChI is InChI=1S/C16H28N2O2S/c1-2-3-4-5-6-7-8-12-15-18(17)21(19,20)16-13-10-9-11-14-16/h9-11,13-14H,2-8,12,15,17H2,1H3. The molecule has 0 heterocycles. The van der Waals surface area contributed by atoms with E-state index in [4.69, 9.17) is 5.84 Å². The molecule has 0 aliphatic rings. The van der Waals surface area contributed by atoms with Crippen molar-refractivity contribution >= 4 is 10.0 Å². The van der Waals surface area contributed by atoms with Crippen LogP contribution in [0.4, 0.5) is 0 Å².